The summed E-state index contributed by atoms with van der Waals surface area (Å²) >= 11 is 0. The molecular formula is C45H31N3. The second-order valence-electron chi connectivity index (χ2n) is 13.4. The van der Waals surface area contributed by atoms with Gasteiger partial charge in [0.2, 0.25) is 0 Å². The van der Waals surface area contributed by atoms with E-state index in [1.807, 2.05) is 0 Å². The number of hydrogen-bond donors (Lipinski definition) is 0. The molecule has 0 saturated heterocycles. The van der Waals surface area contributed by atoms with Crippen LogP contribution in [0.4, 0.5) is 0 Å². The predicted octanol–water partition coefficient (Wildman–Crippen LogP) is 11.5. The monoisotopic (exact) mass is 613 g/mol. The fraction of sp³-hybridized carbons (Fsp3) is 0.0667. The molecule has 1 aliphatic rings. The summed E-state index contributed by atoms with van der Waals surface area (Å²) in [5, 5.41) is 6.23. The van der Waals surface area contributed by atoms with Crippen LogP contribution in [0.2, 0.25) is 0 Å². The SMILES string of the molecule is CC1(C)c2cc(-c3nc(-c4ccccc4)c4cc(-c5ccccc5)ccc4n3)ccc2-n2c3ccc4ccccc4c3c3cccc1c32. The van der Waals surface area contributed by atoms with E-state index in [1.165, 1.54) is 55.0 Å². The molecule has 0 amide bonds. The minimum absolute atomic E-state index is 0.227. The Morgan fingerprint density at radius 2 is 1.23 bits per heavy atom. The molecule has 48 heavy (non-hydrogen) atoms. The maximum atomic E-state index is 5.31. The Morgan fingerprint density at radius 1 is 0.500 bits per heavy atom. The zero-order valence-electron chi connectivity index (χ0n) is 26.8. The Labute approximate surface area is 278 Å². The van der Waals surface area contributed by atoms with Crippen LogP contribution in [-0.2, 0) is 5.41 Å². The first kappa shape index (κ1) is 27.1. The van der Waals surface area contributed by atoms with E-state index >= 15 is 0 Å². The van der Waals surface area contributed by atoms with Crippen molar-refractivity contribution in [2.45, 2.75) is 19.3 Å². The molecule has 0 bridgehead atoms. The number of hydrogen-bond acceptors (Lipinski definition) is 2. The van der Waals surface area contributed by atoms with Crippen LogP contribution in [0.3, 0.4) is 0 Å². The van der Waals surface area contributed by atoms with Gasteiger partial charge in [0, 0.05) is 32.7 Å². The van der Waals surface area contributed by atoms with Gasteiger partial charge in [-0.15, -0.1) is 0 Å². The van der Waals surface area contributed by atoms with Gasteiger partial charge < -0.3 is 4.57 Å². The lowest BCUT2D eigenvalue weighted by atomic mass is 9.74. The van der Waals surface area contributed by atoms with E-state index in [4.69, 9.17) is 9.97 Å². The molecule has 226 valence electrons. The van der Waals surface area contributed by atoms with Gasteiger partial charge in [0.05, 0.1) is 27.9 Å². The highest BCUT2D eigenvalue weighted by Crippen LogP contribution is 2.49. The number of benzene rings is 7. The van der Waals surface area contributed by atoms with Crippen LogP contribution in [0.15, 0.2) is 152 Å². The molecule has 7 aromatic carbocycles. The maximum absolute atomic E-state index is 5.31. The van der Waals surface area contributed by atoms with Gasteiger partial charge in [0.15, 0.2) is 5.82 Å². The maximum Gasteiger partial charge on any atom is 0.160 e. The molecule has 1 aliphatic heterocycles. The Morgan fingerprint density at radius 3 is 2.06 bits per heavy atom. The molecule has 0 spiro atoms. The van der Waals surface area contributed by atoms with Crippen molar-refractivity contribution in [2.75, 3.05) is 0 Å². The van der Waals surface area contributed by atoms with Crippen molar-refractivity contribution in [3.05, 3.63) is 163 Å². The lowest BCUT2D eigenvalue weighted by Crippen LogP contribution is -2.26. The van der Waals surface area contributed by atoms with Gasteiger partial charge in [-0.05, 0) is 69.4 Å². The summed E-state index contributed by atoms with van der Waals surface area (Å²) in [7, 11) is 0. The Balaban J connectivity index is 1.21. The van der Waals surface area contributed by atoms with E-state index in [1.54, 1.807) is 0 Å². The average Bonchev–Trinajstić information content (AvgIpc) is 3.49. The highest BCUT2D eigenvalue weighted by atomic mass is 15.0. The van der Waals surface area contributed by atoms with Crippen molar-refractivity contribution < 1.29 is 0 Å². The van der Waals surface area contributed by atoms with Gasteiger partial charge in [0.25, 0.3) is 0 Å². The van der Waals surface area contributed by atoms with Gasteiger partial charge >= 0.3 is 0 Å². The normalized spacial score (nSPS) is 13.4. The van der Waals surface area contributed by atoms with Crippen molar-refractivity contribution in [1.29, 1.82) is 0 Å². The van der Waals surface area contributed by atoms with E-state index in [0.717, 1.165) is 39.1 Å². The molecule has 9 aromatic rings. The van der Waals surface area contributed by atoms with E-state index in [-0.39, 0.29) is 5.41 Å². The summed E-state index contributed by atoms with van der Waals surface area (Å²) in [5.41, 5.74) is 12.5. The summed E-state index contributed by atoms with van der Waals surface area (Å²) in [5.74, 6) is 0.736. The number of rotatable bonds is 3. The fourth-order valence-corrected chi connectivity index (χ4v) is 7.99. The molecule has 0 aliphatic carbocycles. The Bertz CT molecular complexity index is 2740. The number of nitrogens with zero attached hydrogens (tertiary/aromatic N) is 3. The summed E-state index contributed by atoms with van der Waals surface area (Å²) in [6.07, 6.45) is 0. The van der Waals surface area contributed by atoms with E-state index < -0.39 is 0 Å². The molecule has 0 radical (unpaired) electrons. The van der Waals surface area contributed by atoms with Crippen molar-refractivity contribution in [3.8, 4) is 39.5 Å². The van der Waals surface area contributed by atoms with Crippen LogP contribution in [0.5, 0.6) is 0 Å². The second-order valence-corrected chi connectivity index (χ2v) is 13.4. The van der Waals surface area contributed by atoms with Crippen molar-refractivity contribution >= 4 is 43.5 Å². The summed E-state index contributed by atoms with van der Waals surface area (Å²) < 4.78 is 2.48. The van der Waals surface area contributed by atoms with Crippen molar-refractivity contribution in [1.82, 2.24) is 14.5 Å². The first-order valence-electron chi connectivity index (χ1n) is 16.6. The van der Waals surface area contributed by atoms with E-state index in [0.29, 0.717) is 0 Å². The van der Waals surface area contributed by atoms with Crippen LogP contribution in [0.1, 0.15) is 25.0 Å². The van der Waals surface area contributed by atoms with Crippen LogP contribution < -0.4 is 0 Å². The first-order valence-corrected chi connectivity index (χ1v) is 16.6. The van der Waals surface area contributed by atoms with Gasteiger partial charge in [-0.3, -0.25) is 0 Å². The third-order valence-electron chi connectivity index (χ3n) is 10.4. The lowest BCUT2D eigenvalue weighted by molar-refractivity contribution is 0.630. The summed E-state index contributed by atoms with van der Waals surface area (Å²) in [4.78, 5) is 10.5. The van der Waals surface area contributed by atoms with Crippen LogP contribution in [0.25, 0.3) is 82.9 Å². The van der Waals surface area contributed by atoms with E-state index in [9.17, 15) is 0 Å². The molecule has 2 aromatic heterocycles. The minimum Gasteiger partial charge on any atom is -0.309 e. The largest absolute Gasteiger partial charge is 0.309 e. The first-order chi connectivity index (χ1) is 23.6. The van der Waals surface area contributed by atoms with Crippen molar-refractivity contribution in [3.63, 3.8) is 0 Å². The Kier molecular flexibility index (Phi) is 5.63. The molecule has 3 heterocycles. The fourth-order valence-electron chi connectivity index (χ4n) is 7.99. The molecular weight excluding hydrogens is 583 g/mol. The molecule has 0 saturated carbocycles. The lowest BCUT2D eigenvalue weighted by Gasteiger charge is -2.35. The second kappa shape index (κ2) is 9.97. The highest BCUT2D eigenvalue weighted by Gasteiger charge is 2.35. The number of fused-ring (bicyclic) bond motifs is 8. The van der Waals surface area contributed by atoms with Gasteiger partial charge in [-0.25, -0.2) is 9.97 Å². The molecule has 3 heteroatoms. The zero-order valence-corrected chi connectivity index (χ0v) is 26.8. The zero-order chi connectivity index (χ0) is 32.0. The molecule has 3 nitrogen and oxygen atoms in total. The van der Waals surface area contributed by atoms with Gasteiger partial charge in [0.1, 0.15) is 0 Å². The predicted molar refractivity (Wildman–Crippen MR) is 200 cm³/mol. The quantitative estimate of drug-likeness (QED) is 0.198. The van der Waals surface area contributed by atoms with Crippen LogP contribution >= 0.6 is 0 Å². The number of aromatic nitrogens is 3. The van der Waals surface area contributed by atoms with Gasteiger partial charge in [-0.1, -0.05) is 129 Å². The topological polar surface area (TPSA) is 30.7 Å². The van der Waals surface area contributed by atoms with Crippen LogP contribution in [0, 0.1) is 0 Å². The number of para-hydroxylation sites is 1. The summed E-state index contributed by atoms with van der Waals surface area (Å²) in [6.45, 7) is 4.71. The third-order valence-corrected chi connectivity index (χ3v) is 10.4. The van der Waals surface area contributed by atoms with Crippen molar-refractivity contribution in [2.24, 2.45) is 0 Å². The highest BCUT2D eigenvalue weighted by molar-refractivity contribution is 6.22. The molecule has 0 atom stereocenters. The molecule has 0 unspecified atom stereocenters. The summed E-state index contributed by atoms with van der Waals surface area (Å²) in [6, 6.07) is 54.5. The molecule has 0 fully saturated rings. The average molecular weight is 614 g/mol. The van der Waals surface area contributed by atoms with Gasteiger partial charge in [-0.2, -0.15) is 0 Å². The smallest absolute Gasteiger partial charge is 0.160 e. The molecule has 0 N–H and O–H groups in total. The standard InChI is InChI=1S/C45H31N3/c1-45(2)36-19-11-18-34-41-33-17-10-9-14-29(33)21-25-40(41)48(43(34)36)39-24-22-32(27-37(39)45)44-46-38-23-20-31(28-12-5-3-6-13-28)26-35(38)42(47-44)30-15-7-4-8-16-30/h3-27H,1-2H3. The van der Waals surface area contributed by atoms with Crippen LogP contribution in [-0.4, -0.2) is 14.5 Å². The third kappa shape index (κ3) is 3.82. The van der Waals surface area contributed by atoms with E-state index in [2.05, 4.69) is 170 Å². The minimum atomic E-state index is -0.227. The molecule has 10 rings (SSSR count). The Hall–Kier alpha value is -6.06.